The van der Waals surface area contributed by atoms with E-state index in [9.17, 15) is 4.79 Å². The Kier molecular flexibility index (Phi) is 5.22. The molecule has 0 bridgehead atoms. The molecule has 2 aliphatic heterocycles. The molecule has 2 rings (SSSR count). The molecule has 1 N–H and O–H groups in total. The predicted molar refractivity (Wildman–Crippen MR) is 76.1 cm³/mol. The van der Waals surface area contributed by atoms with Crippen molar-refractivity contribution in [3.05, 3.63) is 0 Å². The second-order valence-electron chi connectivity index (χ2n) is 6.15. The maximum Gasteiger partial charge on any atom is 0.254 e. The summed E-state index contributed by atoms with van der Waals surface area (Å²) in [6.07, 6.45) is 5.36. The minimum Gasteiger partial charge on any atom is -0.365 e. The molecule has 19 heavy (non-hydrogen) atoms. The van der Waals surface area contributed by atoms with Gasteiger partial charge >= 0.3 is 0 Å². The third-order valence-electron chi connectivity index (χ3n) is 4.33. The third kappa shape index (κ3) is 3.69. The summed E-state index contributed by atoms with van der Waals surface area (Å²) in [6, 6.07) is 0. The van der Waals surface area contributed by atoms with Gasteiger partial charge in [0.05, 0.1) is 0 Å². The zero-order valence-corrected chi connectivity index (χ0v) is 12.4. The second-order valence-corrected chi connectivity index (χ2v) is 6.15. The first-order valence-electron chi connectivity index (χ1n) is 7.80. The number of nitrogens with zero attached hydrogens (tertiary/aromatic N) is 1. The van der Waals surface area contributed by atoms with Gasteiger partial charge in [0.15, 0.2) is 0 Å². The number of ether oxygens (including phenoxy) is 1. The molecular weight excluding hydrogens is 240 g/mol. The van der Waals surface area contributed by atoms with E-state index in [2.05, 4.69) is 12.2 Å². The van der Waals surface area contributed by atoms with E-state index in [1.807, 2.05) is 11.8 Å². The normalized spacial score (nSPS) is 31.4. The van der Waals surface area contributed by atoms with Gasteiger partial charge in [0.25, 0.3) is 5.91 Å². The van der Waals surface area contributed by atoms with Gasteiger partial charge in [-0.25, -0.2) is 0 Å². The summed E-state index contributed by atoms with van der Waals surface area (Å²) in [7, 11) is 0. The second kappa shape index (κ2) is 6.71. The van der Waals surface area contributed by atoms with Crippen LogP contribution < -0.4 is 5.32 Å². The molecule has 2 atom stereocenters. The van der Waals surface area contributed by atoms with Crippen LogP contribution in [0.3, 0.4) is 0 Å². The summed E-state index contributed by atoms with van der Waals surface area (Å²) in [5, 5.41) is 3.43. The quantitative estimate of drug-likeness (QED) is 0.826. The zero-order valence-electron chi connectivity index (χ0n) is 12.4. The van der Waals surface area contributed by atoms with E-state index in [-0.39, 0.29) is 5.91 Å². The Balaban J connectivity index is 1.95. The van der Waals surface area contributed by atoms with E-state index in [1.165, 1.54) is 12.8 Å². The number of piperidine rings is 1. The standard InChI is InChI=1S/C15H28N2O2/c1-3-9-17(12-13-6-4-8-16-11-13)14(18)15(2)7-5-10-19-15/h13,16H,3-12H2,1-2H3. The van der Waals surface area contributed by atoms with Crippen molar-refractivity contribution in [2.45, 2.75) is 51.6 Å². The molecule has 0 saturated carbocycles. The Morgan fingerprint density at radius 2 is 2.32 bits per heavy atom. The molecule has 0 spiro atoms. The molecule has 0 aliphatic carbocycles. The third-order valence-corrected chi connectivity index (χ3v) is 4.33. The van der Waals surface area contributed by atoms with Crippen molar-refractivity contribution in [1.29, 1.82) is 0 Å². The van der Waals surface area contributed by atoms with Crippen molar-refractivity contribution in [3.8, 4) is 0 Å². The van der Waals surface area contributed by atoms with Crippen LogP contribution in [0.4, 0.5) is 0 Å². The van der Waals surface area contributed by atoms with Gasteiger partial charge in [-0.15, -0.1) is 0 Å². The van der Waals surface area contributed by atoms with Gasteiger partial charge in [0.2, 0.25) is 0 Å². The highest BCUT2D eigenvalue weighted by Crippen LogP contribution is 2.28. The molecule has 2 unspecified atom stereocenters. The summed E-state index contributed by atoms with van der Waals surface area (Å²) in [6.45, 7) is 8.74. The first-order chi connectivity index (χ1) is 9.15. The van der Waals surface area contributed by atoms with Crippen LogP contribution in [0.2, 0.25) is 0 Å². The Morgan fingerprint density at radius 1 is 1.47 bits per heavy atom. The fourth-order valence-corrected chi connectivity index (χ4v) is 3.22. The maximum atomic E-state index is 12.7. The lowest BCUT2D eigenvalue weighted by Crippen LogP contribution is -2.50. The van der Waals surface area contributed by atoms with Crippen molar-refractivity contribution in [2.75, 3.05) is 32.8 Å². The summed E-state index contributed by atoms with van der Waals surface area (Å²) in [5.74, 6) is 0.812. The van der Waals surface area contributed by atoms with E-state index in [0.29, 0.717) is 5.92 Å². The van der Waals surface area contributed by atoms with Gasteiger partial charge in [-0.05, 0) is 58.0 Å². The van der Waals surface area contributed by atoms with Crippen molar-refractivity contribution >= 4 is 5.91 Å². The SMILES string of the molecule is CCCN(CC1CCCNC1)C(=O)C1(C)CCCO1. The number of rotatable bonds is 5. The Hall–Kier alpha value is -0.610. The molecule has 1 amide bonds. The molecule has 2 fully saturated rings. The molecule has 2 heterocycles. The lowest BCUT2D eigenvalue weighted by molar-refractivity contribution is -0.151. The lowest BCUT2D eigenvalue weighted by Gasteiger charge is -2.34. The van der Waals surface area contributed by atoms with Crippen molar-refractivity contribution in [3.63, 3.8) is 0 Å². The monoisotopic (exact) mass is 268 g/mol. The molecule has 0 aromatic heterocycles. The van der Waals surface area contributed by atoms with Crippen LogP contribution in [-0.2, 0) is 9.53 Å². The molecule has 2 saturated heterocycles. The first kappa shape index (κ1) is 14.8. The number of amides is 1. The summed E-state index contributed by atoms with van der Waals surface area (Å²) in [4.78, 5) is 14.8. The number of carbonyl (C=O) groups is 1. The van der Waals surface area contributed by atoms with Gasteiger partial charge in [0.1, 0.15) is 5.60 Å². The molecule has 4 nitrogen and oxygen atoms in total. The van der Waals surface area contributed by atoms with Crippen LogP contribution in [0.1, 0.15) is 46.0 Å². The Morgan fingerprint density at radius 3 is 2.89 bits per heavy atom. The summed E-state index contributed by atoms with van der Waals surface area (Å²) >= 11 is 0. The minimum atomic E-state index is -0.558. The lowest BCUT2D eigenvalue weighted by atomic mass is 9.96. The predicted octanol–water partition coefficient (Wildman–Crippen LogP) is 1.79. The summed E-state index contributed by atoms with van der Waals surface area (Å²) in [5.41, 5.74) is -0.558. The van der Waals surface area contributed by atoms with Gasteiger partial charge < -0.3 is 15.0 Å². The van der Waals surface area contributed by atoms with Crippen LogP contribution >= 0.6 is 0 Å². The number of hydrogen-bond donors (Lipinski definition) is 1. The average Bonchev–Trinajstić information content (AvgIpc) is 2.87. The summed E-state index contributed by atoms with van der Waals surface area (Å²) < 4.78 is 5.71. The van der Waals surface area contributed by atoms with Gasteiger partial charge in [-0.3, -0.25) is 4.79 Å². The first-order valence-corrected chi connectivity index (χ1v) is 7.80. The van der Waals surface area contributed by atoms with Crippen LogP contribution in [0.15, 0.2) is 0 Å². The van der Waals surface area contributed by atoms with Crippen LogP contribution in [0.25, 0.3) is 0 Å². The van der Waals surface area contributed by atoms with Crippen molar-refractivity contribution in [1.82, 2.24) is 10.2 Å². The van der Waals surface area contributed by atoms with Crippen LogP contribution in [0, 0.1) is 5.92 Å². The Bertz CT molecular complexity index is 295. The topological polar surface area (TPSA) is 41.6 Å². The van der Waals surface area contributed by atoms with E-state index < -0.39 is 5.60 Å². The zero-order chi connectivity index (χ0) is 13.7. The number of hydrogen-bond acceptors (Lipinski definition) is 3. The minimum absolute atomic E-state index is 0.206. The molecule has 4 heteroatoms. The van der Waals surface area contributed by atoms with Gasteiger partial charge in [-0.2, -0.15) is 0 Å². The number of nitrogens with one attached hydrogen (secondary N) is 1. The smallest absolute Gasteiger partial charge is 0.254 e. The van der Waals surface area contributed by atoms with E-state index >= 15 is 0 Å². The molecule has 2 aliphatic rings. The maximum absolute atomic E-state index is 12.7. The van der Waals surface area contributed by atoms with E-state index in [1.54, 1.807) is 0 Å². The fourth-order valence-electron chi connectivity index (χ4n) is 3.22. The van der Waals surface area contributed by atoms with E-state index in [4.69, 9.17) is 4.74 Å². The molecule has 0 aromatic carbocycles. The van der Waals surface area contributed by atoms with Gasteiger partial charge in [0, 0.05) is 19.7 Å². The molecule has 110 valence electrons. The van der Waals surface area contributed by atoms with Crippen molar-refractivity contribution < 1.29 is 9.53 Å². The highest BCUT2D eigenvalue weighted by Gasteiger charge is 2.40. The Labute approximate surface area is 116 Å². The van der Waals surface area contributed by atoms with Crippen molar-refractivity contribution in [2.24, 2.45) is 5.92 Å². The molecule has 0 aromatic rings. The average molecular weight is 268 g/mol. The highest BCUT2D eigenvalue weighted by atomic mass is 16.5. The molecular formula is C15H28N2O2. The highest BCUT2D eigenvalue weighted by molar-refractivity contribution is 5.85. The largest absolute Gasteiger partial charge is 0.365 e. The van der Waals surface area contributed by atoms with Crippen LogP contribution in [0.5, 0.6) is 0 Å². The van der Waals surface area contributed by atoms with E-state index in [0.717, 1.165) is 52.0 Å². The number of carbonyl (C=O) groups excluding carboxylic acids is 1. The van der Waals surface area contributed by atoms with Gasteiger partial charge in [-0.1, -0.05) is 6.92 Å². The molecule has 0 radical (unpaired) electrons. The van der Waals surface area contributed by atoms with Crippen LogP contribution in [-0.4, -0.2) is 49.2 Å². The fraction of sp³-hybridized carbons (Fsp3) is 0.933.